The number of esters is 1. The van der Waals surface area contributed by atoms with Crippen molar-refractivity contribution in [3.63, 3.8) is 0 Å². The maximum Gasteiger partial charge on any atom is 0.412 e. The van der Waals surface area contributed by atoms with Crippen molar-refractivity contribution in [2.24, 2.45) is 0 Å². The van der Waals surface area contributed by atoms with Gasteiger partial charge in [-0.2, -0.15) is 5.06 Å². The molecule has 0 aliphatic carbocycles. The fraction of sp³-hybridized carbons (Fsp3) is 0.391. The lowest BCUT2D eigenvalue weighted by molar-refractivity contribution is -0.193. The third kappa shape index (κ3) is 9.07. The summed E-state index contributed by atoms with van der Waals surface area (Å²) in [7, 11) is 0. The summed E-state index contributed by atoms with van der Waals surface area (Å²) < 4.78 is 10.2. The number of hydroxylamine groups is 2. The van der Waals surface area contributed by atoms with E-state index in [-0.39, 0.29) is 6.61 Å². The van der Waals surface area contributed by atoms with Gasteiger partial charge in [-0.15, -0.1) is 0 Å². The normalized spacial score (nSPS) is 11.2. The van der Waals surface area contributed by atoms with Crippen LogP contribution in [0.3, 0.4) is 0 Å². The molecule has 0 aromatic heterocycles. The first-order chi connectivity index (χ1) is 14.2. The molecule has 2 aromatic carbocycles. The van der Waals surface area contributed by atoms with E-state index in [1.165, 1.54) is 0 Å². The van der Waals surface area contributed by atoms with E-state index < -0.39 is 17.7 Å². The molecule has 7 nitrogen and oxygen atoms in total. The van der Waals surface area contributed by atoms with Crippen LogP contribution in [-0.4, -0.2) is 35.9 Å². The Morgan fingerprint density at radius 1 is 0.933 bits per heavy atom. The van der Waals surface area contributed by atoms with Gasteiger partial charge >= 0.3 is 12.1 Å². The molecular weight excluding hydrogens is 384 g/mol. The Morgan fingerprint density at radius 2 is 1.53 bits per heavy atom. The molecule has 0 unspecified atom stereocenters. The zero-order valence-electron chi connectivity index (χ0n) is 18.0. The number of hydrogen-bond acceptors (Lipinski definition) is 6. The van der Waals surface area contributed by atoms with E-state index in [9.17, 15) is 9.59 Å². The van der Waals surface area contributed by atoms with Crippen LogP contribution in [0.2, 0.25) is 0 Å². The number of carbonyl (C=O) groups excluding carboxylic acids is 2. The summed E-state index contributed by atoms with van der Waals surface area (Å²) in [6.45, 7) is 8.32. The Balaban J connectivity index is 1.99. The first-order valence-corrected chi connectivity index (χ1v) is 9.91. The van der Waals surface area contributed by atoms with E-state index in [4.69, 9.17) is 14.3 Å². The average Bonchev–Trinajstić information content (AvgIpc) is 2.67. The molecule has 0 heterocycles. The van der Waals surface area contributed by atoms with Gasteiger partial charge < -0.3 is 9.47 Å². The fourth-order valence-corrected chi connectivity index (χ4v) is 2.60. The minimum atomic E-state index is -0.557. The maximum atomic E-state index is 11.9. The summed E-state index contributed by atoms with van der Waals surface area (Å²) in [6, 6.07) is 17.2. The van der Waals surface area contributed by atoms with E-state index >= 15 is 0 Å². The van der Waals surface area contributed by atoms with Crippen LogP contribution in [0.4, 0.5) is 10.5 Å². The molecule has 0 bridgehead atoms. The van der Waals surface area contributed by atoms with Crippen LogP contribution in [-0.2, 0) is 32.2 Å². The number of carbonyl (C=O) groups is 2. The van der Waals surface area contributed by atoms with Crippen LogP contribution in [0.15, 0.2) is 54.6 Å². The van der Waals surface area contributed by atoms with E-state index in [0.29, 0.717) is 25.4 Å². The predicted molar refractivity (Wildman–Crippen MR) is 115 cm³/mol. The van der Waals surface area contributed by atoms with Crippen molar-refractivity contribution in [1.29, 1.82) is 0 Å². The summed E-state index contributed by atoms with van der Waals surface area (Å²) in [5.41, 5.74) is 2.10. The molecule has 0 aliphatic heterocycles. The first-order valence-electron chi connectivity index (χ1n) is 9.91. The summed E-state index contributed by atoms with van der Waals surface area (Å²) in [5, 5.41) is 4.42. The molecule has 30 heavy (non-hydrogen) atoms. The highest BCUT2D eigenvalue weighted by atomic mass is 16.7. The zero-order chi connectivity index (χ0) is 22.0. The van der Waals surface area contributed by atoms with Crippen molar-refractivity contribution in [1.82, 2.24) is 5.06 Å². The van der Waals surface area contributed by atoms with E-state index in [1.807, 2.05) is 63.2 Å². The van der Waals surface area contributed by atoms with Gasteiger partial charge in [-0.25, -0.2) is 9.59 Å². The minimum absolute atomic E-state index is 0.154. The standard InChI is InChI=1S/C23H30N2O5/c1-5-28-21(26)17-29-25(15-18-9-7-6-8-10-18)16-19-11-13-20(14-12-19)24-22(27)30-23(2,3)4/h6-14H,5,15-17H2,1-4H3,(H,24,27). The maximum absolute atomic E-state index is 11.9. The highest BCUT2D eigenvalue weighted by molar-refractivity contribution is 5.84. The zero-order valence-corrected chi connectivity index (χ0v) is 18.0. The molecule has 1 amide bonds. The highest BCUT2D eigenvalue weighted by Crippen LogP contribution is 2.16. The lowest BCUT2D eigenvalue weighted by Gasteiger charge is -2.22. The molecule has 0 spiro atoms. The smallest absolute Gasteiger partial charge is 0.412 e. The predicted octanol–water partition coefficient (Wildman–Crippen LogP) is 4.53. The number of benzene rings is 2. The first kappa shape index (κ1) is 23.4. The molecule has 2 rings (SSSR count). The largest absolute Gasteiger partial charge is 0.464 e. The molecule has 0 fully saturated rings. The Hall–Kier alpha value is -2.90. The molecule has 0 aliphatic rings. The van der Waals surface area contributed by atoms with Gasteiger partial charge in [0.2, 0.25) is 0 Å². The minimum Gasteiger partial charge on any atom is -0.464 e. The second-order valence-electron chi connectivity index (χ2n) is 7.69. The number of amides is 1. The number of hydrogen-bond donors (Lipinski definition) is 1. The van der Waals surface area contributed by atoms with Crippen molar-refractivity contribution in [3.8, 4) is 0 Å². The number of ether oxygens (including phenoxy) is 2. The van der Waals surface area contributed by atoms with Crippen molar-refractivity contribution in [3.05, 3.63) is 65.7 Å². The molecule has 0 atom stereocenters. The molecular formula is C23H30N2O5. The van der Waals surface area contributed by atoms with Gasteiger partial charge in [0.1, 0.15) is 5.60 Å². The van der Waals surface area contributed by atoms with Crippen molar-refractivity contribution in [2.45, 2.75) is 46.4 Å². The van der Waals surface area contributed by atoms with E-state index in [0.717, 1.165) is 11.1 Å². The Labute approximate surface area is 177 Å². The monoisotopic (exact) mass is 414 g/mol. The topological polar surface area (TPSA) is 77.1 Å². The lowest BCUT2D eigenvalue weighted by Crippen LogP contribution is -2.27. The number of rotatable bonds is 9. The number of anilines is 1. The molecule has 1 N–H and O–H groups in total. The summed E-state index contributed by atoms with van der Waals surface area (Å²) in [4.78, 5) is 29.2. The fourth-order valence-electron chi connectivity index (χ4n) is 2.60. The lowest BCUT2D eigenvalue weighted by atomic mass is 10.2. The third-order valence-electron chi connectivity index (χ3n) is 3.83. The van der Waals surface area contributed by atoms with Crippen LogP contribution in [0, 0.1) is 0 Å². The van der Waals surface area contributed by atoms with Crippen LogP contribution in [0.5, 0.6) is 0 Å². The van der Waals surface area contributed by atoms with Crippen molar-refractivity contribution >= 4 is 17.7 Å². The average molecular weight is 415 g/mol. The van der Waals surface area contributed by atoms with Gasteiger partial charge in [0.25, 0.3) is 0 Å². The molecule has 2 aromatic rings. The molecule has 0 saturated heterocycles. The van der Waals surface area contributed by atoms with Gasteiger partial charge in [0.05, 0.1) is 6.61 Å². The van der Waals surface area contributed by atoms with E-state index in [2.05, 4.69) is 5.32 Å². The third-order valence-corrected chi connectivity index (χ3v) is 3.83. The molecule has 0 radical (unpaired) electrons. The van der Waals surface area contributed by atoms with Crippen LogP contribution < -0.4 is 5.32 Å². The van der Waals surface area contributed by atoms with Gasteiger partial charge in [-0.1, -0.05) is 42.5 Å². The van der Waals surface area contributed by atoms with Crippen LogP contribution >= 0.6 is 0 Å². The van der Waals surface area contributed by atoms with Gasteiger partial charge in [0.15, 0.2) is 6.61 Å². The van der Waals surface area contributed by atoms with Crippen LogP contribution in [0.1, 0.15) is 38.8 Å². The molecule has 0 saturated carbocycles. The second kappa shape index (κ2) is 11.3. The van der Waals surface area contributed by atoms with Gasteiger partial charge in [-0.3, -0.25) is 10.2 Å². The number of nitrogens with one attached hydrogen (secondary N) is 1. The van der Waals surface area contributed by atoms with Gasteiger partial charge in [-0.05, 0) is 51.0 Å². The molecule has 7 heteroatoms. The summed E-state index contributed by atoms with van der Waals surface area (Å²) in [5.74, 6) is -0.410. The summed E-state index contributed by atoms with van der Waals surface area (Å²) >= 11 is 0. The van der Waals surface area contributed by atoms with E-state index in [1.54, 1.807) is 24.1 Å². The van der Waals surface area contributed by atoms with Crippen LogP contribution in [0.25, 0.3) is 0 Å². The summed E-state index contributed by atoms with van der Waals surface area (Å²) in [6.07, 6.45) is -0.501. The Bertz CT molecular complexity index is 801. The molecule has 162 valence electrons. The Kier molecular flexibility index (Phi) is 8.83. The SMILES string of the molecule is CCOC(=O)CON(Cc1ccccc1)Cc1ccc(NC(=O)OC(C)(C)C)cc1. The second-order valence-corrected chi connectivity index (χ2v) is 7.69. The Morgan fingerprint density at radius 3 is 2.10 bits per heavy atom. The van der Waals surface area contributed by atoms with Crippen molar-refractivity contribution in [2.75, 3.05) is 18.5 Å². The van der Waals surface area contributed by atoms with Crippen molar-refractivity contribution < 1.29 is 23.9 Å². The quantitative estimate of drug-likeness (QED) is 0.480. The van der Waals surface area contributed by atoms with Gasteiger partial charge in [0, 0.05) is 18.8 Å². The highest BCUT2D eigenvalue weighted by Gasteiger charge is 2.16. The number of nitrogens with zero attached hydrogens (tertiary/aromatic N) is 1.